The summed E-state index contributed by atoms with van der Waals surface area (Å²) in [5, 5.41) is 47.7. The van der Waals surface area contributed by atoms with Gasteiger partial charge in [0.05, 0.1) is 45.2 Å². The number of aliphatic hydroxyl groups excluding tert-OH is 4. The van der Waals surface area contributed by atoms with Crippen molar-refractivity contribution in [2.24, 2.45) is 5.92 Å². The van der Waals surface area contributed by atoms with Crippen molar-refractivity contribution in [3.8, 4) is 5.75 Å². The molecule has 3 heterocycles. The molecule has 0 radical (unpaired) electrons. The van der Waals surface area contributed by atoms with Gasteiger partial charge in [0.2, 0.25) is 5.91 Å². The van der Waals surface area contributed by atoms with Crippen LogP contribution in [0, 0.1) is 5.92 Å². The van der Waals surface area contributed by atoms with Gasteiger partial charge < -0.3 is 68.6 Å². The lowest BCUT2D eigenvalue weighted by Crippen LogP contribution is -2.67. The standard InChI is InChI=1S/C31H44N2O15/c1-16-23(33-17(2)35)30(46-21(15-34)24(16)37)47-27-25(38)26(39)31(41-3)48-28(27)29(40)32-8-9-42-10-11-43-12-13-44-19-6-4-18-5-7-22(36)45-20(18)14-19/h4-7,14,16,21,23-28,30-31,34,37-39H,8-13,15H2,1-3H3,(H,32,40)(H,33,35)/t16?,21?,23?,24?,25?,26?,27-,28?,30-,31?/m0/s1. The Bertz CT molecular complexity index is 1390. The molecule has 0 aliphatic carbocycles. The van der Waals surface area contributed by atoms with Crippen molar-refractivity contribution in [3.05, 3.63) is 40.8 Å². The normalized spacial score (nSPS) is 30.6. The average Bonchev–Trinajstić information content (AvgIpc) is 3.06. The van der Waals surface area contributed by atoms with Crippen LogP contribution in [0.4, 0.5) is 0 Å². The number of carbonyl (C=O) groups is 2. The van der Waals surface area contributed by atoms with Crippen molar-refractivity contribution in [2.75, 3.05) is 53.3 Å². The van der Waals surface area contributed by atoms with E-state index in [9.17, 15) is 34.8 Å². The van der Waals surface area contributed by atoms with Crippen molar-refractivity contribution in [1.82, 2.24) is 10.6 Å². The van der Waals surface area contributed by atoms with Crippen molar-refractivity contribution in [2.45, 2.75) is 69.1 Å². The van der Waals surface area contributed by atoms with Crippen LogP contribution in [0.3, 0.4) is 0 Å². The lowest BCUT2D eigenvalue weighted by molar-refractivity contribution is -0.333. The van der Waals surface area contributed by atoms with Crippen molar-refractivity contribution in [3.63, 3.8) is 0 Å². The lowest BCUT2D eigenvalue weighted by atomic mass is 9.88. The van der Waals surface area contributed by atoms with E-state index in [4.69, 9.17) is 37.6 Å². The number of fused-ring (bicyclic) bond motifs is 1. The first-order valence-electron chi connectivity index (χ1n) is 15.5. The van der Waals surface area contributed by atoms with E-state index < -0.39 is 85.2 Å². The summed E-state index contributed by atoms with van der Waals surface area (Å²) in [5.74, 6) is -1.29. The molecular formula is C31H44N2O15. The number of nitrogens with one attached hydrogen (secondary N) is 2. The molecule has 17 heteroatoms. The molecule has 2 aliphatic rings. The van der Waals surface area contributed by atoms with E-state index in [1.54, 1.807) is 31.2 Å². The van der Waals surface area contributed by atoms with E-state index in [0.717, 1.165) is 5.39 Å². The van der Waals surface area contributed by atoms with Gasteiger partial charge in [-0.05, 0) is 18.2 Å². The highest BCUT2D eigenvalue weighted by Gasteiger charge is 2.52. The van der Waals surface area contributed by atoms with Crippen LogP contribution >= 0.6 is 0 Å². The van der Waals surface area contributed by atoms with Crippen LogP contribution in [-0.2, 0) is 38.0 Å². The SMILES string of the molecule is COC1OC(C(=O)NCCOCCOCCOc2ccc3ccc(=O)oc3c2)[C@@H](O[C@@H]2OC(CO)C(O)C(C)C2NC(C)=O)C(O)C1O. The van der Waals surface area contributed by atoms with E-state index >= 15 is 0 Å². The van der Waals surface area contributed by atoms with Gasteiger partial charge in [0.25, 0.3) is 5.91 Å². The Balaban J connectivity index is 1.22. The van der Waals surface area contributed by atoms with Gasteiger partial charge in [-0.3, -0.25) is 9.59 Å². The fourth-order valence-corrected chi connectivity index (χ4v) is 5.41. The molecule has 2 aromatic rings. The molecule has 48 heavy (non-hydrogen) atoms. The van der Waals surface area contributed by atoms with E-state index in [1.165, 1.54) is 20.1 Å². The molecule has 268 valence electrons. The van der Waals surface area contributed by atoms with E-state index in [1.807, 2.05) is 0 Å². The summed E-state index contributed by atoms with van der Waals surface area (Å²) in [5.41, 5.74) is -0.0224. The van der Waals surface area contributed by atoms with Crippen molar-refractivity contribution in [1.29, 1.82) is 0 Å². The quantitative estimate of drug-likeness (QED) is 0.0831. The van der Waals surface area contributed by atoms with Crippen LogP contribution in [-0.4, -0.2) is 141 Å². The summed E-state index contributed by atoms with van der Waals surface area (Å²) in [6.45, 7) is 3.47. The zero-order chi connectivity index (χ0) is 34.8. The number of benzene rings is 1. The maximum absolute atomic E-state index is 13.2. The molecule has 1 aromatic heterocycles. The Labute approximate surface area is 275 Å². The average molecular weight is 685 g/mol. The number of ether oxygens (including phenoxy) is 7. The zero-order valence-corrected chi connectivity index (χ0v) is 26.9. The highest BCUT2D eigenvalue weighted by Crippen LogP contribution is 2.31. The number of methoxy groups -OCH3 is 1. The Morgan fingerprint density at radius 3 is 2.33 bits per heavy atom. The smallest absolute Gasteiger partial charge is 0.336 e. The Hall–Kier alpha value is -3.23. The number of amides is 2. The molecule has 2 saturated heterocycles. The molecule has 17 nitrogen and oxygen atoms in total. The minimum atomic E-state index is -1.69. The molecule has 8 unspecified atom stereocenters. The van der Waals surface area contributed by atoms with Gasteiger partial charge in [0.1, 0.15) is 42.4 Å². The second-order valence-electron chi connectivity index (χ2n) is 11.4. The van der Waals surface area contributed by atoms with Gasteiger partial charge in [-0.25, -0.2) is 4.79 Å². The number of rotatable bonds is 16. The van der Waals surface area contributed by atoms with Gasteiger partial charge in [-0.1, -0.05) is 6.92 Å². The third kappa shape index (κ3) is 9.69. The highest BCUT2D eigenvalue weighted by molar-refractivity contribution is 5.81. The van der Waals surface area contributed by atoms with Crippen LogP contribution < -0.4 is 21.0 Å². The maximum atomic E-state index is 13.2. The number of hydrogen-bond donors (Lipinski definition) is 6. The Morgan fingerprint density at radius 1 is 0.917 bits per heavy atom. The number of carbonyl (C=O) groups excluding carboxylic acids is 2. The molecule has 2 aliphatic heterocycles. The van der Waals surface area contributed by atoms with E-state index in [-0.39, 0.29) is 39.6 Å². The third-order valence-corrected chi connectivity index (χ3v) is 7.97. The van der Waals surface area contributed by atoms with Crippen molar-refractivity contribution < 1.29 is 67.6 Å². The first-order chi connectivity index (χ1) is 23.0. The molecule has 2 fully saturated rings. The predicted octanol–water partition coefficient (Wildman–Crippen LogP) is -1.98. The Morgan fingerprint density at radius 2 is 1.62 bits per heavy atom. The van der Waals surface area contributed by atoms with E-state index in [2.05, 4.69) is 10.6 Å². The topological polar surface area (TPSA) is 234 Å². The summed E-state index contributed by atoms with van der Waals surface area (Å²) in [6.07, 6.45) is -11.2. The fraction of sp³-hybridized carbons (Fsp3) is 0.645. The summed E-state index contributed by atoms with van der Waals surface area (Å²) in [7, 11) is 1.23. The summed E-state index contributed by atoms with van der Waals surface area (Å²) < 4.78 is 44.2. The fourth-order valence-electron chi connectivity index (χ4n) is 5.41. The summed E-state index contributed by atoms with van der Waals surface area (Å²) >= 11 is 0. The maximum Gasteiger partial charge on any atom is 0.336 e. The largest absolute Gasteiger partial charge is 0.491 e. The molecule has 10 atom stereocenters. The minimum Gasteiger partial charge on any atom is -0.491 e. The molecular weight excluding hydrogens is 640 g/mol. The van der Waals surface area contributed by atoms with Crippen LogP contribution in [0.5, 0.6) is 5.75 Å². The zero-order valence-electron chi connectivity index (χ0n) is 26.9. The van der Waals surface area contributed by atoms with Gasteiger partial charge in [0, 0.05) is 44.0 Å². The lowest BCUT2D eigenvalue weighted by Gasteiger charge is -2.47. The Kier molecular flexibility index (Phi) is 14.1. The molecule has 1 aromatic carbocycles. The minimum absolute atomic E-state index is 0.0488. The number of aliphatic hydroxyl groups is 4. The van der Waals surface area contributed by atoms with Crippen molar-refractivity contribution >= 4 is 22.8 Å². The second kappa shape index (κ2) is 18.0. The molecule has 0 spiro atoms. The van der Waals surface area contributed by atoms with Gasteiger partial charge in [-0.15, -0.1) is 0 Å². The first-order valence-corrected chi connectivity index (χ1v) is 15.5. The van der Waals surface area contributed by atoms with Gasteiger partial charge >= 0.3 is 5.63 Å². The molecule has 0 saturated carbocycles. The summed E-state index contributed by atoms with van der Waals surface area (Å²) in [6, 6.07) is 7.25. The third-order valence-electron chi connectivity index (χ3n) is 7.97. The predicted molar refractivity (Wildman–Crippen MR) is 164 cm³/mol. The molecule has 4 rings (SSSR count). The molecule has 6 N–H and O–H groups in total. The monoisotopic (exact) mass is 684 g/mol. The van der Waals surface area contributed by atoms with Crippen LogP contribution in [0.1, 0.15) is 13.8 Å². The van der Waals surface area contributed by atoms with Crippen LogP contribution in [0.2, 0.25) is 0 Å². The summed E-state index contributed by atoms with van der Waals surface area (Å²) in [4.78, 5) is 36.5. The first kappa shape index (κ1) is 37.6. The molecule has 0 bridgehead atoms. The molecule has 2 amide bonds. The van der Waals surface area contributed by atoms with E-state index in [0.29, 0.717) is 11.3 Å². The van der Waals surface area contributed by atoms with Gasteiger partial charge in [-0.2, -0.15) is 0 Å². The highest BCUT2D eigenvalue weighted by atomic mass is 16.7. The van der Waals surface area contributed by atoms with Crippen LogP contribution in [0.25, 0.3) is 11.0 Å². The van der Waals surface area contributed by atoms with Gasteiger partial charge in [0.15, 0.2) is 18.7 Å². The van der Waals surface area contributed by atoms with Crippen LogP contribution in [0.15, 0.2) is 39.5 Å². The number of hydrogen-bond acceptors (Lipinski definition) is 15. The second-order valence-corrected chi connectivity index (χ2v) is 11.4.